The highest BCUT2D eigenvalue weighted by Crippen LogP contribution is 2.33. The largest absolute Gasteiger partial charge is 0.281 e. The van der Waals surface area contributed by atoms with Crippen molar-refractivity contribution in [3.8, 4) is 0 Å². The summed E-state index contributed by atoms with van der Waals surface area (Å²) in [6.07, 6.45) is 1.25. The Morgan fingerprint density at radius 2 is 1.50 bits per heavy atom. The third-order valence-electron chi connectivity index (χ3n) is 4.71. The standard InChI is InChI=1S/C21H11BrN6O7S/c22-14-3-6-18-19(9-14)36-21(24-18)25(23-11-12-1-4-15(5-2-12)26(30)31)20(29)13-7-16(27(32)33)10-17(8-13)28(34)35/h1-11H/b23-11+. The Balaban J connectivity index is 1.81. The van der Waals surface area contributed by atoms with E-state index < -0.39 is 32.1 Å². The molecule has 36 heavy (non-hydrogen) atoms. The summed E-state index contributed by atoms with van der Waals surface area (Å²) in [6, 6.07) is 13.1. The number of fused-ring (bicyclic) bond motifs is 1. The Kier molecular flexibility index (Phi) is 6.75. The summed E-state index contributed by atoms with van der Waals surface area (Å²) in [7, 11) is 0. The number of nitrogens with zero attached hydrogens (tertiary/aromatic N) is 6. The fourth-order valence-corrected chi connectivity index (χ4v) is 4.50. The van der Waals surface area contributed by atoms with Crippen LogP contribution in [-0.4, -0.2) is 31.9 Å². The third kappa shape index (κ3) is 5.21. The Hall–Kier alpha value is -4.63. The van der Waals surface area contributed by atoms with E-state index >= 15 is 0 Å². The molecule has 4 aromatic rings. The first-order valence-electron chi connectivity index (χ1n) is 9.75. The van der Waals surface area contributed by atoms with Gasteiger partial charge in [-0.05, 0) is 35.9 Å². The average Bonchev–Trinajstić information content (AvgIpc) is 3.26. The highest BCUT2D eigenvalue weighted by atomic mass is 79.9. The van der Waals surface area contributed by atoms with Gasteiger partial charge in [0, 0.05) is 28.7 Å². The molecule has 0 radical (unpaired) electrons. The molecule has 0 unspecified atom stereocenters. The molecule has 1 heterocycles. The lowest BCUT2D eigenvalue weighted by Crippen LogP contribution is -2.25. The molecular weight excluding hydrogens is 560 g/mol. The van der Waals surface area contributed by atoms with Crippen LogP contribution in [0.4, 0.5) is 22.2 Å². The van der Waals surface area contributed by atoms with Crippen LogP contribution in [-0.2, 0) is 0 Å². The number of non-ortho nitro benzene ring substituents is 3. The second-order valence-electron chi connectivity index (χ2n) is 7.07. The number of benzene rings is 3. The number of nitro groups is 3. The number of halogens is 1. The average molecular weight is 571 g/mol. The van der Waals surface area contributed by atoms with Gasteiger partial charge in [-0.2, -0.15) is 10.1 Å². The van der Waals surface area contributed by atoms with Crippen LogP contribution in [0.1, 0.15) is 15.9 Å². The molecule has 0 aliphatic carbocycles. The predicted molar refractivity (Wildman–Crippen MR) is 135 cm³/mol. The van der Waals surface area contributed by atoms with Crippen LogP contribution in [0, 0.1) is 30.3 Å². The van der Waals surface area contributed by atoms with Crippen molar-refractivity contribution in [2.45, 2.75) is 0 Å². The van der Waals surface area contributed by atoms with Gasteiger partial charge in [-0.15, -0.1) is 0 Å². The van der Waals surface area contributed by atoms with Gasteiger partial charge in [0.2, 0.25) is 5.13 Å². The number of hydrogen-bond donors (Lipinski definition) is 0. The molecule has 0 atom stereocenters. The maximum Gasteiger partial charge on any atom is 0.281 e. The van der Waals surface area contributed by atoms with Gasteiger partial charge in [0.1, 0.15) is 0 Å². The second kappa shape index (κ2) is 9.93. The molecular formula is C21H11BrN6O7S. The van der Waals surface area contributed by atoms with Gasteiger partial charge >= 0.3 is 0 Å². The third-order valence-corrected chi connectivity index (χ3v) is 6.20. The molecule has 1 aromatic heterocycles. The number of nitro benzene ring substituents is 3. The molecule has 0 bridgehead atoms. The molecule has 0 aliphatic heterocycles. The number of carbonyl (C=O) groups excluding carboxylic acids is 1. The minimum absolute atomic E-state index is 0.0976. The first kappa shape index (κ1) is 24.5. The van der Waals surface area contributed by atoms with Crippen molar-refractivity contribution in [1.29, 1.82) is 0 Å². The van der Waals surface area contributed by atoms with E-state index in [0.717, 1.165) is 39.0 Å². The van der Waals surface area contributed by atoms with Gasteiger partial charge in [-0.1, -0.05) is 27.3 Å². The van der Waals surface area contributed by atoms with Crippen molar-refractivity contribution >= 4 is 71.8 Å². The Morgan fingerprint density at radius 3 is 2.08 bits per heavy atom. The van der Waals surface area contributed by atoms with Crippen molar-refractivity contribution in [2.75, 3.05) is 5.01 Å². The molecule has 4 rings (SSSR count). The van der Waals surface area contributed by atoms with Gasteiger partial charge in [0.05, 0.1) is 42.8 Å². The van der Waals surface area contributed by atoms with E-state index in [0.29, 0.717) is 15.8 Å². The molecule has 0 saturated heterocycles. The van der Waals surface area contributed by atoms with Crippen LogP contribution in [0.5, 0.6) is 0 Å². The van der Waals surface area contributed by atoms with Crippen molar-refractivity contribution in [2.24, 2.45) is 5.10 Å². The molecule has 15 heteroatoms. The van der Waals surface area contributed by atoms with Gasteiger partial charge in [0.15, 0.2) is 0 Å². The first-order chi connectivity index (χ1) is 17.1. The summed E-state index contributed by atoms with van der Waals surface area (Å²) < 4.78 is 1.47. The number of rotatable bonds is 7. The van der Waals surface area contributed by atoms with Crippen molar-refractivity contribution < 1.29 is 19.6 Å². The zero-order valence-corrected chi connectivity index (χ0v) is 20.1. The molecule has 0 spiro atoms. The van der Waals surface area contributed by atoms with E-state index in [9.17, 15) is 35.1 Å². The molecule has 0 fully saturated rings. The number of hydrogen-bond acceptors (Lipinski definition) is 10. The van der Waals surface area contributed by atoms with Crippen LogP contribution in [0.2, 0.25) is 0 Å². The highest BCUT2D eigenvalue weighted by Gasteiger charge is 2.26. The fraction of sp³-hybridized carbons (Fsp3) is 0. The molecule has 0 N–H and O–H groups in total. The van der Waals surface area contributed by atoms with Crippen molar-refractivity contribution in [3.05, 3.63) is 107 Å². The molecule has 0 aliphatic rings. The van der Waals surface area contributed by atoms with E-state index in [-0.39, 0.29) is 16.4 Å². The summed E-state index contributed by atoms with van der Waals surface area (Å²) in [5, 5.41) is 38.6. The van der Waals surface area contributed by atoms with Crippen molar-refractivity contribution in [1.82, 2.24) is 4.98 Å². The SMILES string of the molecule is O=C(c1cc([N+](=O)[O-])cc([N+](=O)[O-])c1)N(/N=C/c1ccc([N+](=O)[O-])cc1)c1nc2ccc(Br)cc2s1. The van der Waals surface area contributed by atoms with E-state index in [1.165, 1.54) is 30.5 Å². The number of carbonyl (C=O) groups is 1. The van der Waals surface area contributed by atoms with Crippen LogP contribution in [0.25, 0.3) is 10.2 Å². The summed E-state index contributed by atoms with van der Waals surface area (Å²) >= 11 is 4.46. The van der Waals surface area contributed by atoms with Gasteiger partial charge in [0.25, 0.3) is 23.0 Å². The summed E-state index contributed by atoms with van der Waals surface area (Å²) in [6.45, 7) is 0. The van der Waals surface area contributed by atoms with Gasteiger partial charge in [-0.25, -0.2) is 4.98 Å². The van der Waals surface area contributed by atoms with Gasteiger partial charge < -0.3 is 0 Å². The zero-order valence-electron chi connectivity index (χ0n) is 17.7. The zero-order chi connectivity index (χ0) is 26.0. The summed E-state index contributed by atoms with van der Waals surface area (Å²) in [4.78, 5) is 49.0. The molecule has 3 aromatic carbocycles. The summed E-state index contributed by atoms with van der Waals surface area (Å²) in [5.74, 6) is -0.905. The van der Waals surface area contributed by atoms with Gasteiger partial charge in [-0.3, -0.25) is 35.1 Å². The first-order valence-corrected chi connectivity index (χ1v) is 11.4. The van der Waals surface area contributed by atoms with Crippen LogP contribution in [0.3, 0.4) is 0 Å². The molecule has 13 nitrogen and oxygen atoms in total. The lowest BCUT2D eigenvalue weighted by molar-refractivity contribution is -0.394. The number of anilines is 1. The monoisotopic (exact) mass is 570 g/mol. The lowest BCUT2D eigenvalue weighted by atomic mass is 10.1. The normalized spacial score (nSPS) is 11.0. The minimum atomic E-state index is -0.905. The Labute approximate surface area is 212 Å². The topological polar surface area (TPSA) is 175 Å². The van der Waals surface area contributed by atoms with Crippen LogP contribution in [0.15, 0.2) is 70.2 Å². The van der Waals surface area contributed by atoms with Crippen LogP contribution < -0.4 is 5.01 Å². The van der Waals surface area contributed by atoms with E-state index in [1.54, 1.807) is 18.2 Å². The second-order valence-corrected chi connectivity index (χ2v) is 9.00. The quantitative estimate of drug-likeness (QED) is 0.159. The number of hydrazone groups is 1. The Bertz CT molecular complexity index is 1540. The Morgan fingerprint density at radius 1 is 0.889 bits per heavy atom. The van der Waals surface area contributed by atoms with Crippen molar-refractivity contribution in [3.63, 3.8) is 0 Å². The van der Waals surface area contributed by atoms with E-state index in [4.69, 9.17) is 0 Å². The molecule has 0 saturated carbocycles. The predicted octanol–water partition coefficient (Wildman–Crippen LogP) is 5.46. The molecule has 1 amide bonds. The molecule has 180 valence electrons. The maximum absolute atomic E-state index is 13.4. The number of amides is 1. The van der Waals surface area contributed by atoms with E-state index in [2.05, 4.69) is 26.0 Å². The minimum Gasteiger partial charge on any atom is -0.267 e. The lowest BCUT2D eigenvalue weighted by Gasteiger charge is -2.13. The smallest absolute Gasteiger partial charge is 0.267 e. The maximum atomic E-state index is 13.4. The van der Waals surface area contributed by atoms with Crippen LogP contribution >= 0.6 is 27.3 Å². The summed E-state index contributed by atoms with van der Waals surface area (Å²) in [5.41, 5.74) is -0.808. The highest BCUT2D eigenvalue weighted by molar-refractivity contribution is 9.10. The number of thiazole rings is 1. The fourth-order valence-electron chi connectivity index (χ4n) is 3.02. The number of aromatic nitrogens is 1. The van der Waals surface area contributed by atoms with E-state index in [1.807, 2.05) is 0 Å².